The lowest BCUT2D eigenvalue weighted by atomic mass is 9.74. The molecule has 114 valence electrons. The van der Waals surface area contributed by atoms with E-state index < -0.39 is 0 Å². The molecule has 0 bridgehead atoms. The molecule has 0 saturated carbocycles. The molecule has 1 heterocycles. The highest BCUT2D eigenvalue weighted by molar-refractivity contribution is 6.30. The average Bonchev–Trinajstić information content (AvgIpc) is 2.47. The molecule has 0 spiro atoms. The second-order valence-electron chi connectivity index (χ2n) is 6.29. The molecule has 2 aromatic rings. The summed E-state index contributed by atoms with van der Waals surface area (Å²) in [5.41, 5.74) is 2.91. The molecule has 0 aliphatic carbocycles. The number of hydrogen-bond acceptors (Lipinski definition) is 3. The third kappa shape index (κ3) is 2.55. The first-order valence-corrected chi connectivity index (χ1v) is 7.56. The van der Waals surface area contributed by atoms with Crippen molar-refractivity contribution in [1.82, 2.24) is 0 Å². The summed E-state index contributed by atoms with van der Waals surface area (Å²) in [6.07, 6.45) is 0.769. The highest BCUT2D eigenvalue weighted by Gasteiger charge is 2.35. The molecule has 0 fully saturated rings. The second kappa shape index (κ2) is 5.29. The molecule has 4 nitrogen and oxygen atoms in total. The number of para-hydroxylation sites is 1. The van der Waals surface area contributed by atoms with Crippen molar-refractivity contribution in [3.05, 3.63) is 68.7 Å². The lowest BCUT2D eigenvalue weighted by molar-refractivity contribution is -0.385. The Balaban J connectivity index is 2.06. The van der Waals surface area contributed by atoms with Gasteiger partial charge in [-0.3, -0.25) is 10.1 Å². The molecule has 1 N–H and O–H groups in total. The van der Waals surface area contributed by atoms with Gasteiger partial charge in [0.15, 0.2) is 0 Å². The molecule has 0 aromatic heterocycles. The molecule has 22 heavy (non-hydrogen) atoms. The van der Waals surface area contributed by atoms with E-state index in [-0.39, 0.29) is 22.1 Å². The van der Waals surface area contributed by atoms with Crippen LogP contribution < -0.4 is 5.32 Å². The van der Waals surface area contributed by atoms with Crippen LogP contribution in [0.5, 0.6) is 0 Å². The zero-order chi connectivity index (χ0) is 15.9. The Kier molecular flexibility index (Phi) is 3.57. The van der Waals surface area contributed by atoms with Crippen LogP contribution in [0.2, 0.25) is 5.02 Å². The van der Waals surface area contributed by atoms with E-state index in [0.29, 0.717) is 5.02 Å². The van der Waals surface area contributed by atoms with Crippen molar-refractivity contribution in [2.75, 3.05) is 5.32 Å². The SMILES string of the molecule is CC1(C)CC(c2ccccc2[N+](=O)[O-])Nc2ccc(Cl)cc21. The van der Waals surface area contributed by atoms with Gasteiger partial charge in [-0.1, -0.05) is 43.6 Å². The minimum atomic E-state index is -0.318. The van der Waals surface area contributed by atoms with Gasteiger partial charge in [-0.25, -0.2) is 0 Å². The Labute approximate surface area is 134 Å². The first kappa shape index (κ1) is 14.9. The number of rotatable bonds is 2. The van der Waals surface area contributed by atoms with Crippen LogP contribution >= 0.6 is 11.6 Å². The molecule has 0 amide bonds. The molecule has 2 aromatic carbocycles. The van der Waals surface area contributed by atoms with E-state index in [1.165, 1.54) is 0 Å². The Morgan fingerprint density at radius 3 is 2.73 bits per heavy atom. The summed E-state index contributed by atoms with van der Waals surface area (Å²) in [4.78, 5) is 11.0. The third-order valence-electron chi connectivity index (χ3n) is 4.26. The number of benzene rings is 2. The fourth-order valence-electron chi connectivity index (χ4n) is 3.20. The van der Waals surface area contributed by atoms with E-state index >= 15 is 0 Å². The second-order valence-corrected chi connectivity index (χ2v) is 6.73. The molecule has 5 heteroatoms. The fourth-order valence-corrected chi connectivity index (χ4v) is 3.37. The fraction of sp³-hybridized carbons (Fsp3) is 0.294. The van der Waals surface area contributed by atoms with Crippen LogP contribution in [0.4, 0.5) is 11.4 Å². The number of hydrogen-bond donors (Lipinski definition) is 1. The van der Waals surface area contributed by atoms with Crippen molar-refractivity contribution in [1.29, 1.82) is 0 Å². The zero-order valence-corrected chi connectivity index (χ0v) is 13.2. The van der Waals surface area contributed by atoms with Crippen LogP contribution in [-0.4, -0.2) is 4.92 Å². The van der Waals surface area contributed by atoms with Crippen LogP contribution in [0.25, 0.3) is 0 Å². The van der Waals surface area contributed by atoms with E-state index in [0.717, 1.165) is 23.2 Å². The summed E-state index contributed by atoms with van der Waals surface area (Å²) >= 11 is 6.11. The lowest BCUT2D eigenvalue weighted by Crippen LogP contribution is -2.31. The molecule has 0 saturated heterocycles. The minimum Gasteiger partial charge on any atom is -0.378 e. The van der Waals surface area contributed by atoms with Crippen molar-refractivity contribution in [3.63, 3.8) is 0 Å². The average molecular weight is 317 g/mol. The van der Waals surface area contributed by atoms with Crippen molar-refractivity contribution in [3.8, 4) is 0 Å². The number of fused-ring (bicyclic) bond motifs is 1. The number of nitro groups is 1. The van der Waals surface area contributed by atoms with E-state index in [1.54, 1.807) is 12.1 Å². The van der Waals surface area contributed by atoms with Crippen molar-refractivity contribution in [2.45, 2.75) is 31.7 Å². The molecule has 0 radical (unpaired) electrons. The Bertz CT molecular complexity index is 743. The van der Waals surface area contributed by atoms with Gasteiger partial charge in [0.2, 0.25) is 0 Å². The highest BCUT2D eigenvalue weighted by Crippen LogP contribution is 2.46. The topological polar surface area (TPSA) is 55.2 Å². The van der Waals surface area contributed by atoms with Gasteiger partial charge < -0.3 is 5.32 Å². The van der Waals surface area contributed by atoms with E-state index in [9.17, 15) is 10.1 Å². The van der Waals surface area contributed by atoms with Gasteiger partial charge in [0.05, 0.1) is 16.5 Å². The number of halogens is 1. The highest BCUT2D eigenvalue weighted by atomic mass is 35.5. The quantitative estimate of drug-likeness (QED) is 0.620. The summed E-state index contributed by atoms with van der Waals surface area (Å²) in [6.45, 7) is 4.29. The number of nitrogens with one attached hydrogen (secondary N) is 1. The summed E-state index contributed by atoms with van der Waals surface area (Å²) in [6, 6.07) is 12.6. The first-order chi connectivity index (χ1) is 10.4. The number of anilines is 1. The van der Waals surface area contributed by atoms with Gasteiger partial charge in [-0.2, -0.15) is 0 Å². The maximum absolute atomic E-state index is 11.3. The molecule has 1 unspecified atom stereocenters. The predicted octanol–water partition coefficient (Wildman–Crippen LogP) is 5.08. The van der Waals surface area contributed by atoms with Gasteiger partial charge in [0.25, 0.3) is 5.69 Å². The van der Waals surface area contributed by atoms with Gasteiger partial charge in [-0.15, -0.1) is 0 Å². The number of nitro benzene ring substituents is 1. The van der Waals surface area contributed by atoms with E-state index in [4.69, 9.17) is 11.6 Å². The monoisotopic (exact) mass is 316 g/mol. The normalized spacial score (nSPS) is 19.1. The van der Waals surface area contributed by atoms with Crippen LogP contribution in [0.3, 0.4) is 0 Å². The van der Waals surface area contributed by atoms with Crippen molar-refractivity contribution < 1.29 is 4.92 Å². The van der Waals surface area contributed by atoms with E-state index in [2.05, 4.69) is 19.2 Å². The van der Waals surface area contributed by atoms with Crippen LogP contribution in [0.15, 0.2) is 42.5 Å². The van der Waals surface area contributed by atoms with E-state index in [1.807, 2.05) is 30.3 Å². The lowest BCUT2D eigenvalue weighted by Gasteiger charge is -2.38. The minimum absolute atomic E-state index is 0.0923. The standard InChI is InChI=1S/C17H17ClN2O2/c1-17(2)10-15(12-5-3-4-6-16(12)20(21)22)19-14-8-7-11(18)9-13(14)17/h3-9,15,19H,10H2,1-2H3. The first-order valence-electron chi connectivity index (χ1n) is 7.18. The van der Waals surface area contributed by atoms with Crippen molar-refractivity contribution in [2.24, 2.45) is 0 Å². The largest absolute Gasteiger partial charge is 0.378 e. The molecule has 3 rings (SSSR count). The maximum Gasteiger partial charge on any atom is 0.274 e. The maximum atomic E-state index is 11.3. The van der Waals surface area contributed by atoms with Crippen molar-refractivity contribution >= 4 is 23.0 Å². The van der Waals surface area contributed by atoms with Gasteiger partial charge >= 0.3 is 0 Å². The Morgan fingerprint density at radius 2 is 2.00 bits per heavy atom. The molecule has 1 aliphatic heterocycles. The van der Waals surface area contributed by atoms with Gasteiger partial charge in [-0.05, 0) is 35.6 Å². The van der Waals surface area contributed by atoms with Crippen LogP contribution in [0, 0.1) is 10.1 Å². The van der Waals surface area contributed by atoms with Crippen LogP contribution in [-0.2, 0) is 5.41 Å². The summed E-state index contributed by atoms with van der Waals surface area (Å²) in [7, 11) is 0. The number of nitrogens with zero attached hydrogens (tertiary/aromatic N) is 1. The Morgan fingerprint density at radius 1 is 1.27 bits per heavy atom. The molecular weight excluding hydrogens is 300 g/mol. The smallest absolute Gasteiger partial charge is 0.274 e. The van der Waals surface area contributed by atoms with Crippen LogP contribution in [0.1, 0.15) is 37.4 Å². The molecule has 1 atom stereocenters. The summed E-state index contributed by atoms with van der Waals surface area (Å²) < 4.78 is 0. The predicted molar refractivity (Wildman–Crippen MR) is 88.6 cm³/mol. The molecule has 1 aliphatic rings. The van der Waals surface area contributed by atoms with Gasteiger partial charge in [0, 0.05) is 16.8 Å². The molecular formula is C17H17ClN2O2. The Hall–Kier alpha value is -2.07. The van der Waals surface area contributed by atoms with Gasteiger partial charge in [0.1, 0.15) is 0 Å². The third-order valence-corrected chi connectivity index (χ3v) is 4.50. The summed E-state index contributed by atoms with van der Waals surface area (Å²) in [5, 5.41) is 15.4. The summed E-state index contributed by atoms with van der Waals surface area (Å²) in [5.74, 6) is 0. The zero-order valence-electron chi connectivity index (χ0n) is 12.5.